The molecule has 0 spiro atoms. The zero-order valence-electron chi connectivity index (χ0n) is 12.0. The number of aliphatic hydroxyl groups excluding tert-OH is 1. The molecule has 1 aliphatic heterocycles. The van der Waals surface area contributed by atoms with Gasteiger partial charge in [-0.05, 0) is 11.4 Å². The molecular formula is C11H21N2O6PS. The second kappa shape index (κ2) is 7.60. The van der Waals surface area contributed by atoms with Gasteiger partial charge in [0.15, 0.2) is 6.10 Å². The van der Waals surface area contributed by atoms with Gasteiger partial charge >= 0.3 is 6.80 Å². The van der Waals surface area contributed by atoms with Crippen LogP contribution in [0.3, 0.4) is 0 Å². The SMILES string of the molecule is CC(C)(CO)[C@H]1OP(=O)(O)SCCNC(=O)CCNC1=O. The first-order valence-electron chi connectivity index (χ1n) is 6.49. The molecule has 8 nitrogen and oxygen atoms in total. The predicted octanol–water partition coefficient (Wildman–Crippen LogP) is -0.140. The van der Waals surface area contributed by atoms with Crippen LogP contribution in [0.4, 0.5) is 0 Å². The fourth-order valence-electron chi connectivity index (χ4n) is 1.62. The van der Waals surface area contributed by atoms with Crippen molar-refractivity contribution in [1.82, 2.24) is 10.6 Å². The monoisotopic (exact) mass is 340 g/mol. The van der Waals surface area contributed by atoms with Gasteiger partial charge in [0.25, 0.3) is 0 Å². The summed E-state index contributed by atoms with van der Waals surface area (Å²) >= 11 is 0.640. The third-order valence-corrected chi connectivity index (χ3v) is 5.90. The number of rotatable bonds is 2. The minimum Gasteiger partial charge on any atom is -0.396 e. The highest BCUT2D eigenvalue weighted by Gasteiger charge is 2.41. The zero-order valence-corrected chi connectivity index (χ0v) is 13.7. The summed E-state index contributed by atoms with van der Waals surface area (Å²) in [5, 5.41) is 14.4. The van der Waals surface area contributed by atoms with E-state index in [-0.39, 0.29) is 31.2 Å². The van der Waals surface area contributed by atoms with Crippen molar-refractivity contribution in [2.45, 2.75) is 26.4 Å². The number of hydrogen-bond donors (Lipinski definition) is 4. The lowest BCUT2D eigenvalue weighted by Gasteiger charge is -2.32. The summed E-state index contributed by atoms with van der Waals surface area (Å²) in [6.07, 6.45) is -1.17. The first-order chi connectivity index (χ1) is 9.68. The Bertz CT molecular complexity index is 444. The van der Waals surface area contributed by atoms with Gasteiger partial charge in [-0.2, -0.15) is 0 Å². The normalized spacial score (nSPS) is 29.8. The molecule has 0 radical (unpaired) electrons. The van der Waals surface area contributed by atoms with E-state index in [2.05, 4.69) is 10.6 Å². The van der Waals surface area contributed by atoms with Crippen LogP contribution in [-0.2, 0) is 18.7 Å². The van der Waals surface area contributed by atoms with Crippen LogP contribution in [0.15, 0.2) is 0 Å². The van der Waals surface area contributed by atoms with Gasteiger partial charge in [-0.25, -0.2) is 4.57 Å². The first-order valence-corrected chi connectivity index (χ1v) is 9.66. The van der Waals surface area contributed by atoms with Gasteiger partial charge in [0.05, 0.1) is 6.61 Å². The first kappa shape index (κ1) is 18.4. The van der Waals surface area contributed by atoms with Crippen LogP contribution < -0.4 is 10.6 Å². The third kappa shape index (κ3) is 5.96. The number of carbonyl (C=O) groups excluding carboxylic acids is 2. The molecule has 10 heteroatoms. The summed E-state index contributed by atoms with van der Waals surface area (Å²) in [6.45, 7) is -1.02. The molecule has 0 aromatic rings. The lowest BCUT2D eigenvalue weighted by atomic mass is 9.87. The Balaban J connectivity index is 2.94. The van der Waals surface area contributed by atoms with Gasteiger partial charge in [-0.1, -0.05) is 13.8 Å². The Morgan fingerprint density at radius 3 is 2.67 bits per heavy atom. The van der Waals surface area contributed by atoms with E-state index in [9.17, 15) is 24.2 Å². The lowest BCUT2D eigenvalue weighted by Crippen LogP contribution is -2.47. The number of hydrogen-bond acceptors (Lipinski definition) is 6. The van der Waals surface area contributed by atoms with Crippen LogP contribution >= 0.6 is 18.2 Å². The largest absolute Gasteiger partial charge is 0.396 e. The smallest absolute Gasteiger partial charge is 0.387 e. The number of nitrogens with one attached hydrogen (secondary N) is 2. The van der Waals surface area contributed by atoms with E-state index < -0.39 is 30.8 Å². The van der Waals surface area contributed by atoms with Crippen molar-refractivity contribution in [2.24, 2.45) is 5.41 Å². The fourth-order valence-corrected chi connectivity index (χ4v) is 4.16. The molecule has 0 saturated carbocycles. The van der Waals surface area contributed by atoms with Crippen LogP contribution in [0.1, 0.15) is 20.3 Å². The Morgan fingerprint density at radius 1 is 1.38 bits per heavy atom. The highest BCUT2D eigenvalue weighted by molar-refractivity contribution is 8.54. The van der Waals surface area contributed by atoms with Gasteiger partial charge in [0.2, 0.25) is 11.8 Å². The van der Waals surface area contributed by atoms with Gasteiger partial charge in [-0.15, -0.1) is 0 Å². The van der Waals surface area contributed by atoms with Crippen molar-refractivity contribution in [3.63, 3.8) is 0 Å². The molecule has 1 saturated heterocycles. The molecule has 2 atom stereocenters. The van der Waals surface area contributed by atoms with E-state index >= 15 is 0 Å². The second-order valence-electron chi connectivity index (χ2n) is 5.32. The fraction of sp³-hybridized carbons (Fsp3) is 0.818. The maximum Gasteiger partial charge on any atom is 0.387 e. The molecular weight excluding hydrogens is 319 g/mol. The van der Waals surface area contributed by atoms with Crippen molar-refractivity contribution >= 4 is 30.0 Å². The molecule has 0 aliphatic carbocycles. The molecule has 1 aliphatic rings. The van der Waals surface area contributed by atoms with Gasteiger partial charge in [0, 0.05) is 30.7 Å². The number of carbonyl (C=O) groups is 2. The summed E-state index contributed by atoms with van der Waals surface area (Å²) in [5.74, 6) is -0.687. The van der Waals surface area contributed by atoms with E-state index in [0.717, 1.165) is 0 Å². The molecule has 122 valence electrons. The minimum absolute atomic E-state index is 0.0922. The molecule has 0 aromatic carbocycles. The highest BCUT2D eigenvalue weighted by atomic mass is 32.7. The van der Waals surface area contributed by atoms with Crippen molar-refractivity contribution in [1.29, 1.82) is 0 Å². The zero-order chi connectivity index (χ0) is 16.1. The molecule has 1 fully saturated rings. The average molecular weight is 340 g/mol. The van der Waals surface area contributed by atoms with Gasteiger partial charge in [-0.3, -0.25) is 14.1 Å². The van der Waals surface area contributed by atoms with Crippen LogP contribution in [-0.4, -0.2) is 53.4 Å². The Labute approximate surface area is 127 Å². The minimum atomic E-state index is -4.07. The molecule has 0 aromatic heterocycles. The summed E-state index contributed by atoms with van der Waals surface area (Å²) in [7, 11) is 0. The topological polar surface area (TPSA) is 125 Å². The summed E-state index contributed by atoms with van der Waals surface area (Å²) in [5.41, 5.74) is -1.03. The van der Waals surface area contributed by atoms with E-state index in [0.29, 0.717) is 11.4 Å². The average Bonchev–Trinajstić information content (AvgIpc) is 2.40. The molecule has 0 bridgehead atoms. The maximum atomic E-state index is 12.1. The molecule has 1 heterocycles. The number of aliphatic hydroxyl groups is 1. The Morgan fingerprint density at radius 2 is 2.05 bits per heavy atom. The van der Waals surface area contributed by atoms with Crippen molar-refractivity contribution < 1.29 is 28.7 Å². The van der Waals surface area contributed by atoms with Crippen LogP contribution in [0.25, 0.3) is 0 Å². The predicted molar refractivity (Wildman–Crippen MR) is 78.7 cm³/mol. The molecule has 4 N–H and O–H groups in total. The molecule has 21 heavy (non-hydrogen) atoms. The highest BCUT2D eigenvalue weighted by Crippen LogP contribution is 2.57. The second-order valence-corrected chi connectivity index (χ2v) is 9.30. The summed E-state index contributed by atoms with van der Waals surface area (Å²) in [6, 6.07) is 0. The van der Waals surface area contributed by atoms with E-state index in [1.54, 1.807) is 13.8 Å². The third-order valence-electron chi connectivity index (χ3n) is 2.92. The van der Waals surface area contributed by atoms with Gasteiger partial charge < -0.3 is 20.6 Å². The van der Waals surface area contributed by atoms with Crippen molar-refractivity contribution in [2.75, 3.05) is 25.4 Å². The Kier molecular flexibility index (Phi) is 6.68. The Hall–Kier alpha value is -0.600. The van der Waals surface area contributed by atoms with Crippen molar-refractivity contribution in [3.05, 3.63) is 0 Å². The van der Waals surface area contributed by atoms with E-state index in [4.69, 9.17) is 4.52 Å². The van der Waals surface area contributed by atoms with Crippen LogP contribution in [0.2, 0.25) is 0 Å². The molecule has 2 amide bonds. The van der Waals surface area contributed by atoms with Crippen LogP contribution in [0, 0.1) is 5.41 Å². The standard InChI is InChI=1S/C11H21N2O6PS/c1-11(2,7-14)9-10(16)13-4-3-8(15)12-5-6-21-20(17,18)19-9/h9,14H,3-7H2,1-2H3,(H,12,15)(H,13,16)(H,17,18)/t9-/m0/s1. The maximum absolute atomic E-state index is 12.1. The lowest BCUT2D eigenvalue weighted by molar-refractivity contribution is -0.135. The number of amides is 2. The molecule has 1 rings (SSSR count). The quantitative estimate of drug-likeness (QED) is 0.516. The molecule has 1 unspecified atom stereocenters. The summed E-state index contributed by atoms with van der Waals surface area (Å²) in [4.78, 5) is 33.3. The van der Waals surface area contributed by atoms with E-state index in [1.807, 2.05) is 0 Å². The van der Waals surface area contributed by atoms with Gasteiger partial charge in [0.1, 0.15) is 0 Å². The summed E-state index contributed by atoms with van der Waals surface area (Å²) < 4.78 is 17.1. The van der Waals surface area contributed by atoms with Crippen molar-refractivity contribution in [3.8, 4) is 0 Å². The van der Waals surface area contributed by atoms with E-state index in [1.165, 1.54) is 0 Å². The van der Waals surface area contributed by atoms with Crippen LogP contribution in [0.5, 0.6) is 0 Å².